The van der Waals surface area contributed by atoms with Crippen LogP contribution in [0, 0.1) is 11.6 Å². The van der Waals surface area contributed by atoms with Crippen molar-refractivity contribution in [2.24, 2.45) is 0 Å². The highest BCUT2D eigenvalue weighted by Crippen LogP contribution is 2.18. The number of hydrazine groups is 1. The minimum atomic E-state index is -1.07. The molecule has 0 bridgehead atoms. The van der Waals surface area contributed by atoms with Crippen molar-refractivity contribution in [1.29, 1.82) is 0 Å². The molecule has 1 saturated carbocycles. The van der Waals surface area contributed by atoms with Crippen molar-refractivity contribution >= 4 is 17.7 Å². The fourth-order valence-corrected chi connectivity index (χ4v) is 1.39. The van der Waals surface area contributed by atoms with Crippen LogP contribution in [0.1, 0.15) is 23.2 Å². The van der Waals surface area contributed by atoms with Crippen molar-refractivity contribution in [3.05, 3.63) is 35.4 Å². The van der Waals surface area contributed by atoms with Crippen LogP contribution < -0.4 is 16.2 Å². The van der Waals surface area contributed by atoms with Gasteiger partial charge in [0.25, 0.3) is 5.91 Å². The average molecular weight is 283 g/mol. The summed E-state index contributed by atoms with van der Waals surface area (Å²) in [5.74, 6) is -4.83. The van der Waals surface area contributed by atoms with Gasteiger partial charge in [0.05, 0.1) is 5.56 Å². The van der Waals surface area contributed by atoms with Crippen LogP contribution in [0.25, 0.3) is 0 Å². The molecule has 1 fully saturated rings. The summed E-state index contributed by atoms with van der Waals surface area (Å²) in [5.41, 5.74) is 3.27. The second kappa shape index (κ2) is 5.64. The molecule has 0 radical (unpaired) electrons. The van der Waals surface area contributed by atoms with E-state index in [0.717, 1.165) is 25.0 Å². The third-order valence-electron chi connectivity index (χ3n) is 2.58. The van der Waals surface area contributed by atoms with Crippen LogP contribution in [-0.2, 0) is 9.59 Å². The Hall–Kier alpha value is -2.51. The van der Waals surface area contributed by atoms with E-state index >= 15 is 0 Å². The van der Waals surface area contributed by atoms with Gasteiger partial charge in [0.1, 0.15) is 11.6 Å². The molecule has 0 aromatic heterocycles. The molecule has 2 rings (SSSR count). The molecule has 3 amide bonds. The van der Waals surface area contributed by atoms with Crippen LogP contribution in [-0.4, -0.2) is 23.8 Å². The molecule has 1 aromatic rings. The number of hydrogen-bond donors (Lipinski definition) is 3. The van der Waals surface area contributed by atoms with Crippen molar-refractivity contribution in [1.82, 2.24) is 16.2 Å². The van der Waals surface area contributed by atoms with Crippen molar-refractivity contribution < 1.29 is 23.2 Å². The van der Waals surface area contributed by atoms with Gasteiger partial charge in [-0.15, -0.1) is 0 Å². The van der Waals surface area contributed by atoms with E-state index in [1.807, 2.05) is 10.9 Å². The lowest BCUT2D eigenvalue weighted by Crippen LogP contribution is -2.49. The molecule has 20 heavy (non-hydrogen) atoms. The zero-order chi connectivity index (χ0) is 14.7. The van der Waals surface area contributed by atoms with Gasteiger partial charge in [0.2, 0.25) is 0 Å². The Kier molecular flexibility index (Phi) is 3.92. The fraction of sp³-hybridized carbons (Fsp3) is 0.250. The first-order valence-corrected chi connectivity index (χ1v) is 5.83. The highest BCUT2D eigenvalue weighted by molar-refractivity contribution is 6.35. The second-order valence-electron chi connectivity index (χ2n) is 4.28. The summed E-state index contributed by atoms with van der Waals surface area (Å²) in [7, 11) is 0. The second-order valence-corrected chi connectivity index (χ2v) is 4.28. The Balaban J connectivity index is 1.87. The molecular formula is C12H11F2N3O3. The Labute approximate surface area is 112 Å². The summed E-state index contributed by atoms with van der Waals surface area (Å²) in [6.07, 6.45) is 1.62. The van der Waals surface area contributed by atoms with Crippen molar-refractivity contribution in [3.63, 3.8) is 0 Å². The highest BCUT2D eigenvalue weighted by atomic mass is 19.1. The minimum Gasteiger partial charge on any atom is -0.345 e. The fourth-order valence-electron chi connectivity index (χ4n) is 1.39. The van der Waals surface area contributed by atoms with E-state index in [1.54, 1.807) is 0 Å². The normalized spacial score (nSPS) is 13.5. The van der Waals surface area contributed by atoms with Gasteiger partial charge in [-0.3, -0.25) is 25.2 Å². The first-order valence-electron chi connectivity index (χ1n) is 5.83. The van der Waals surface area contributed by atoms with Crippen molar-refractivity contribution in [3.8, 4) is 0 Å². The number of hydrogen-bond acceptors (Lipinski definition) is 3. The number of rotatable bonds is 2. The first kappa shape index (κ1) is 13.9. The number of carbonyl (C=O) groups is 3. The number of amides is 3. The van der Waals surface area contributed by atoms with E-state index in [2.05, 4.69) is 5.32 Å². The monoisotopic (exact) mass is 283 g/mol. The van der Waals surface area contributed by atoms with Crippen molar-refractivity contribution in [2.75, 3.05) is 0 Å². The van der Waals surface area contributed by atoms with E-state index < -0.39 is 34.9 Å². The SMILES string of the molecule is O=C(NNC(=O)c1ccc(F)cc1F)C(=O)NC1CC1. The third kappa shape index (κ3) is 3.50. The lowest BCUT2D eigenvalue weighted by molar-refractivity contribution is -0.139. The largest absolute Gasteiger partial charge is 0.345 e. The van der Waals surface area contributed by atoms with Crippen LogP contribution in [0.4, 0.5) is 8.78 Å². The number of halogens is 2. The van der Waals surface area contributed by atoms with Gasteiger partial charge in [0, 0.05) is 12.1 Å². The molecule has 1 aliphatic carbocycles. The van der Waals surface area contributed by atoms with Crippen LogP contribution in [0.2, 0.25) is 0 Å². The maximum atomic E-state index is 13.3. The predicted octanol–water partition coefficient (Wildman–Crippen LogP) is 0.00440. The molecule has 0 aliphatic heterocycles. The van der Waals surface area contributed by atoms with Crippen LogP contribution in [0.5, 0.6) is 0 Å². The van der Waals surface area contributed by atoms with Gasteiger partial charge in [0.15, 0.2) is 0 Å². The van der Waals surface area contributed by atoms with Gasteiger partial charge in [-0.2, -0.15) is 0 Å². The maximum absolute atomic E-state index is 13.3. The Bertz CT molecular complexity index is 573. The molecule has 0 saturated heterocycles. The van der Waals surface area contributed by atoms with E-state index in [1.165, 1.54) is 0 Å². The molecule has 0 atom stereocenters. The third-order valence-corrected chi connectivity index (χ3v) is 2.58. The Morgan fingerprint density at radius 2 is 1.75 bits per heavy atom. The van der Waals surface area contributed by atoms with Crippen molar-refractivity contribution in [2.45, 2.75) is 18.9 Å². The summed E-state index contributed by atoms with van der Waals surface area (Å²) in [4.78, 5) is 34.1. The predicted molar refractivity (Wildman–Crippen MR) is 63.1 cm³/mol. The quantitative estimate of drug-likeness (QED) is 0.527. The lowest BCUT2D eigenvalue weighted by atomic mass is 10.2. The molecule has 106 valence electrons. The van der Waals surface area contributed by atoms with Crippen LogP contribution in [0.3, 0.4) is 0 Å². The summed E-state index contributed by atoms with van der Waals surface area (Å²) >= 11 is 0. The first-order chi connectivity index (χ1) is 9.47. The highest BCUT2D eigenvalue weighted by Gasteiger charge is 2.26. The number of nitrogens with one attached hydrogen (secondary N) is 3. The molecule has 8 heteroatoms. The number of carbonyl (C=O) groups excluding carboxylic acids is 3. The topological polar surface area (TPSA) is 87.3 Å². The Morgan fingerprint density at radius 1 is 1.05 bits per heavy atom. The molecule has 1 aromatic carbocycles. The molecular weight excluding hydrogens is 272 g/mol. The van der Waals surface area contributed by atoms with Gasteiger partial charge in [-0.1, -0.05) is 0 Å². The van der Waals surface area contributed by atoms with Crippen LogP contribution in [0.15, 0.2) is 18.2 Å². The van der Waals surface area contributed by atoms with Gasteiger partial charge in [-0.05, 0) is 25.0 Å². The van der Waals surface area contributed by atoms with E-state index in [4.69, 9.17) is 0 Å². The molecule has 0 unspecified atom stereocenters. The average Bonchev–Trinajstić information content (AvgIpc) is 3.19. The van der Waals surface area contributed by atoms with E-state index in [-0.39, 0.29) is 6.04 Å². The summed E-state index contributed by atoms with van der Waals surface area (Å²) in [5, 5.41) is 2.41. The van der Waals surface area contributed by atoms with Gasteiger partial charge >= 0.3 is 11.8 Å². The van der Waals surface area contributed by atoms with E-state index in [0.29, 0.717) is 6.07 Å². The number of benzene rings is 1. The molecule has 0 heterocycles. The standard InChI is InChI=1S/C12H11F2N3O3/c13-6-1-4-8(9(14)5-6)10(18)16-17-12(20)11(19)15-7-2-3-7/h1,4-5,7H,2-3H2,(H,15,19)(H,16,18)(H,17,20). The molecule has 3 N–H and O–H groups in total. The molecule has 0 spiro atoms. The summed E-state index contributed by atoms with van der Waals surface area (Å²) < 4.78 is 25.9. The Morgan fingerprint density at radius 3 is 2.35 bits per heavy atom. The maximum Gasteiger partial charge on any atom is 0.327 e. The van der Waals surface area contributed by atoms with Gasteiger partial charge in [-0.25, -0.2) is 8.78 Å². The summed E-state index contributed by atoms with van der Waals surface area (Å²) in [6, 6.07) is 2.37. The lowest BCUT2D eigenvalue weighted by Gasteiger charge is -2.08. The zero-order valence-corrected chi connectivity index (χ0v) is 10.2. The van der Waals surface area contributed by atoms with E-state index in [9.17, 15) is 23.2 Å². The van der Waals surface area contributed by atoms with Gasteiger partial charge < -0.3 is 5.32 Å². The summed E-state index contributed by atoms with van der Waals surface area (Å²) in [6.45, 7) is 0. The molecule has 1 aliphatic rings. The smallest absolute Gasteiger partial charge is 0.327 e. The minimum absolute atomic E-state index is 0.00139. The van der Waals surface area contributed by atoms with Crippen LogP contribution >= 0.6 is 0 Å². The molecule has 6 nitrogen and oxygen atoms in total. The zero-order valence-electron chi connectivity index (χ0n) is 10.2.